The third-order valence-electron chi connectivity index (χ3n) is 4.39. The molecule has 2 aromatic rings. The number of nitrogens with zero attached hydrogens (tertiary/aromatic N) is 1. The zero-order valence-electron chi connectivity index (χ0n) is 14.7. The largest absolute Gasteiger partial charge is 0.484 e. The average Bonchev–Trinajstić information content (AvgIpc) is 2.61. The van der Waals surface area contributed by atoms with E-state index in [-0.39, 0.29) is 16.4 Å². The van der Waals surface area contributed by atoms with Crippen LogP contribution in [0.3, 0.4) is 0 Å². The third-order valence-corrected chi connectivity index (χ3v) is 8.48. The Balaban J connectivity index is 2.04. The van der Waals surface area contributed by atoms with Crippen molar-refractivity contribution in [3.63, 3.8) is 0 Å². The number of ether oxygens (including phenoxy) is 1. The van der Waals surface area contributed by atoms with Crippen LogP contribution in [0.25, 0.3) is 0 Å². The molecule has 0 N–H and O–H groups in total. The van der Waals surface area contributed by atoms with E-state index < -0.39 is 0 Å². The normalized spacial score (nSPS) is 16.9. The monoisotopic (exact) mass is 358 g/mol. The SMILES string of the molecule is CC[C@@](C)(C[S+]1c2ccccc2Sc2ccccc21)N=C(C)OC. The van der Waals surface area contributed by atoms with Crippen LogP contribution in [0.15, 0.2) is 73.1 Å². The molecular weight excluding hydrogens is 334 g/mol. The van der Waals surface area contributed by atoms with Crippen LogP contribution in [-0.4, -0.2) is 24.3 Å². The van der Waals surface area contributed by atoms with E-state index in [1.165, 1.54) is 19.6 Å². The van der Waals surface area contributed by atoms with Gasteiger partial charge in [-0.2, -0.15) is 0 Å². The average molecular weight is 359 g/mol. The van der Waals surface area contributed by atoms with Crippen molar-refractivity contribution >= 4 is 28.6 Å². The Kier molecular flexibility index (Phi) is 5.26. The zero-order chi connectivity index (χ0) is 17.2. The zero-order valence-corrected chi connectivity index (χ0v) is 16.3. The van der Waals surface area contributed by atoms with Crippen molar-refractivity contribution in [2.24, 2.45) is 4.99 Å². The quantitative estimate of drug-likeness (QED) is 0.413. The van der Waals surface area contributed by atoms with Gasteiger partial charge in [0.1, 0.15) is 11.3 Å². The van der Waals surface area contributed by atoms with Gasteiger partial charge in [0.25, 0.3) is 0 Å². The summed E-state index contributed by atoms with van der Waals surface area (Å²) in [5.74, 6) is 1.77. The van der Waals surface area contributed by atoms with E-state index in [9.17, 15) is 0 Å². The minimum Gasteiger partial charge on any atom is -0.484 e. The molecule has 0 amide bonds. The van der Waals surface area contributed by atoms with Crippen molar-refractivity contribution in [3.8, 4) is 0 Å². The van der Waals surface area contributed by atoms with Crippen molar-refractivity contribution in [2.75, 3.05) is 12.9 Å². The summed E-state index contributed by atoms with van der Waals surface area (Å²) in [6, 6.07) is 17.6. The first kappa shape index (κ1) is 17.4. The molecule has 3 rings (SSSR count). The number of fused-ring (bicyclic) bond motifs is 2. The first-order valence-electron chi connectivity index (χ1n) is 8.23. The van der Waals surface area contributed by atoms with E-state index in [1.807, 2.05) is 18.7 Å². The Bertz CT molecular complexity index is 713. The summed E-state index contributed by atoms with van der Waals surface area (Å²) < 4.78 is 5.32. The number of hydrogen-bond acceptors (Lipinski definition) is 3. The van der Waals surface area contributed by atoms with E-state index in [2.05, 4.69) is 62.4 Å². The molecule has 2 aromatic carbocycles. The molecule has 2 nitrogen and oxygen atoms in total. The second kappa shape index (κ2) is 7.24. The lowest BCUT2D eigenvalue weighted by molar-refractivity contribution is 0.382. The lowest BCUT2D eigenvalue weighted by Gasteiger charge is -2.26. The van der Waals surface area contributed by atoms with Crippen LogP contribution in [-0.2, 0) is 15.6 Å². The van der Waals surface area contributed by atoms with Gasteiger partial charge in [-0.05, 0) is 37.6 Å². The highest BCUT2D eigenvalue weighted by Gasteiger charge is 2.41. The molecule has 0 spiro atoms. The molecule has 0 saturated heterocycles. The smallest absolute Gasteiger partial charge is 0.180 e. The minimum absolute atomic E-state index is 0.0343. The van der Waals surface area contributed by atoms with Crippen LogP contribution in [0.4, 0.5) is 0 Å². The molecule has 1 aliphatic heterocycles. The number of rotatable bonds is 4. The van der Waals surface area contributed by atoms with Gasteiger partial charge in [0.2, 0.25) is 0 Å². The molecule has 0 bridgehead atoms. The van der Waals surface area contributed by atoms with Crippen LogP contribution >= 0.6 is 11.8 Å². The van der Waals surface area contributed by atoms with E-state index in [4.69, 9.17) is 9.73 Å². The van der Waals surface area contributed by atoms with Gasteiger partial charge in [0.15, 0.2) is 15.7 Å². The number of aliphatic imine (C=N–C) groups is 1. The number of methoxy groups -OCH3 is 1. The molecule has 0 fully saturated rings. The summed E-state index contributed by atoms with van der Waals surface area (Å²) >= 11 is 1.88. The van der Waals surface area contributed by atoms with Gasteiger partial charge in [-0.1, -0.05) is 43.0 Å². The number of benzene rings is 2. The molecule has 0 aliphatic carbocycles. The predicted molar refractivity (Wildman–Crippen MR) is 105 cm³/mol. The summed E-state index contributed by atoms with van der Waals surface area (Å²) in [5, 5.41) is 0. The van der Waals surface area contributed by atoms with E-state index in [0.717, 1.165) is 18.1 Å². The molecular formula is C20H24NOS2+. The molecule has 0 radical (unpaired) electrons. The van der Waals surface area contributed by atoms with Gasteiger partial charge in [-0.25, -0.2) is 4.99 Å². The van der Waals surface area contributed by atoms with Gasteiger partial charge >= 0.3 is 0 Å². The minimum atomic E-state index is -0.120. The van der Waals surface area contributed by atoms with Crippen molar-refractivity contribution in [1.82, 2.24) is 0 Å². The molecule has 1 atom stereocenters. The van der Waals surface area contributed by atoms with Crippen LogP contribution in [0, 0.1) is 0 Å². The Hall–Kier alpha value is -1.39. The van der Waals surface area contributed by atoms with Gasteiger partial charge in [0.05, 0.1) is 27.8 Å². The molecule has 1 heterocycles. The van der Waals surface area contributed by atoms with Gasteiger partial charge in [-0.3, -0.25) is 0 Å². The molecule has 0 unspecified atom stereocenters. The van der Waals surface area contributed by atoms with Gasteiger partial charge < -0.3 is 4.74 Å². The molecule has 24 heavy (non-hydrogen) atoms. The summed E-state index contributed by atoms with van der Waals surface area (Å²) in [6.45, 7) is 6.40. The number of hydrogen-bond donors (Lipinski definition) is 0. The highest BCUT2D eigenvalue weighted by atomic mass is 32.2. The third kappa shape index (κ3) is 3.50. The van der Waals surface area contributed by atoms with Crippen molar-refractivity contribution in [1.29, 1.82) is 0 Å². The predicted octanol–water partition coefficient (Wildman–Crippen LogP) is 5.42. The Morgan fingerprint density at radius 3 is 2.12 bits per heavy atom. The molecule has 0 saturated carbocycles. The van der Waals surface area contributed by atoms with Crippen LogP contribution in [0.1, 0.15) is 27.2 Å². The summed E-state index contributed by atoms with van der Waals surface area (Å²) in [4.78, 5) is 10.5. The second-order valence-corrected chi connectivity index (χ2v) is 9.25. The fourth-order valence-corrected chi connectivity index (χ4v) is 7.09. The van der Waals surface area contributed by atoms with E-state index >= 15 is 0 Å². The van der Waals surface area contributed by atoms with Crippen molar-refractivity contribution in [3.05, 3.63) is 48.5 Å². The van der Waals surface area contributed by atoms with E-state index in [0.29, 0.717) is 0 Å². The summed E-state index contributed by atoms with van der Waals surface area (Å²) in [5.41, 5.74) is -0.120. The molecule has 126 valence electrons. The van der Waals surface area contributed by atoms with Crippen molar-refractivity contribution < 1.29 is 4.74 Å². The first-order chi connectivity index (χ1) is 11.6. The first-order valence-corrected chi connectivity index (χ1v) is 10.4. The lowest BCUT2D eigenvalue weighted by Crippen LogP contribution is -2.34. The Morgan fingerprint density at radius 2 is 1.62 bits per heavy atom. The van der Waals surface area contributed by atoms with Crippen LogP contribution < -0.4 is 0 Å². The van der Waals surface area contributed by atoms with Crippen molar-refractivity contribution in [2.45, 2.75) is 52.3 Å². The molecule has 1 aliphatic rings. The van der Waals surface area contributed by atoms with Gasteiger partial charge in [-0.15, -0.1) is 0 Å². The standard InChI is InChI=1S/C20H24NOS2/c1-5-20(3,21-15(2)22-4)14-24-18-12-8-6-10-16(18)23-17-11-7-9-13-19(17)24/h6-13H,5,14H2,1-4H3/q+1/t20-/m0/s1. The van der Waals surface area contributed by atoms with Crippen LogP contribution in [0.2, 0.25) is 0 Å². The summed E-state index contributed by atoms with van der Waals surface area (Å²) in [7, 11) is 1.73. The van der Waals surface area contributed by atoms with E-state index in [1.54, 1.807) is 7.11 Å². The maximum absolute atomic E-state index is 5.32. The molecule has 0 aromatic heterocycles. The highest BCUT2D eigenvalue weighted by Crippen LogP contribution is 2.46. The maximum Gasteiger partial charge on any atom is 0.180 e. The highest BCUT2D eigenvalue weighted by molar-refractivity contribution is 8.04. The van der Waals surface area contributed by atoms with Gasteiger partial charge in [0, 0.05) is 6.92 Å². The molecule has 4 heteroatoms. The Morgan fingerprint density at radius 1 is 1.08 bits per heavy atom. The fourth-order valence-electron chi connectivity index (χ4n) is 2.82. The maximum atomic E-state index is 5.32. The second-order valence-electron chi connectivity index (χ2n) is 6.22. The van der Waals surface area contributed by atoms with Crippen LogP contribution in [0.5, 0.6) is 0 Å². The summed E-state index contributed by atoms with van der Waals surface area (Å²) in [6.07, 6.45) is 0.995. The topological polar surface area (TPSA) is 21.6 Å². The fraction of sp³-hybridized carbons (Fsp3) is 0.350. The Labute approximate surface area is 152 Å². The lowest BCUT2D eigenvalue weighted by atomic mass is 10.0.